The lowest BCUT2D eigenvalue weighted by Crippen LogP contribution is -2.14. The molecule has 10 nitrogen and oxygen atoms in total. The Balaban J connectivity index is 1.22. The first kappa shape index (κ1) is 18.9. The lowest BCUT2D eigenvalue weighted by molar-refractivity contribution is -0.116. The summed E-state index contributed by atoms with van der Waals surface area (Å²) in [5, 5.41) is 11.4. The van der Waals surface area contributed by atoms with Crippen molar-refractivity contribution in [2.75, 3.05) is 5.32 Å². The Hall–Kier alpha value is -4.08. The molecule has 5 heterocycles. The van der Waals surface area contributed by atoms with E-state index in [0.717, 1.165) is 28.3 Å². The van der Waals surface area contributed by atoms with E-state index >= 15 is 0 Å². The summed E-state index contributed by atoms with van der Waals surface area (Å²) in [5.74, 6) is 0.492. The van der Waals surface area contributed by atoms with Crippen LogP contribution in [0.25, 0.3) is 11.4 Å². The molecule has 0 aliphatic carbocycles. The number of amides is 1. The average molecular weight is 415 g/mol. The summed E-state index contributed by atoms with van der Waals surface area (Å²) in [6, 6.07) is 5.87. The van der Waals surface area contributed by atoms with Crippen LogP contribution in [-0.2, 0) is 17.8 Å². The highest BCUT2D eigenvalue weighted by molar-refractivity contribution is 5.90. The number of carbonyl (C=O) groups excluding carboxylic acids is 1. The zero-order chi connectivity index (χ0) is 21.4. The molecule has 0 aromatic carbocycles. The maximum Gasteiger partial charge on any atom is 0.252 e. The number of hydrogen-bond donors (Lipinski definition) is 1. The molecule has 156 valence electrons. The van der Waals surface area contributed by atoms with Crippen molar-refractivity contribution in [3.63, 3.8) is 0 Å². The lowest BCUT2D eigenvalue weighted by Gasteiger charge is -2.10. The molecule has 10 heteroatoms. The Labute approximate surface area is 177 Å². The number of aromatic nitrogens is 8. The number of fused-ring (bicyclic) bond motifs is 2. The van der Waals surface area contributed by atoms with Gasteiger partial charge in [0.25, 0.3) is 5.78 Å². The highest BCUT2D eigenvalue weighted by Crippen LogP contribution is 2.16. The minimum Gasteiger partial charge on any atom is -0.323 e. The zero-order valence-electron chi connectivity index (χ0n) is 17.2. The van der Waals surface area contributed by atoms with Crippen LogP contribution in [-0.4, -0.2) is 44.7 Å². The number of hydrogen-bond acceptors (Lipinski definition) is 6. The Bertz CT molecular complexity index is 1360. The minimum absolute atomic E-state index is 0.0789. The van der Waals surface area contributed by atoms with Crippen LogP contribution in [0.4, 0.5) is 5.69 Å². The quantitative estimate of drug-likeness (QED) is 0.456. The predicted octanol–water partition coefficient (Wildman–Crippen LogP) is 2.20. The van der Waals surface area contributed by atoms with Crippen LogP contribution in [0.1, 0.15) is 29.1 Å². The van der Waals surface area contributed by atoms with Crippen LogP contribution in [0.15, 0.2) is 49.3 Å². The first-order valence-electron chi connectivity index (χ1n) is 9.97. The molecule has 0 aliphatic heterocycles. The molecule has 0 aliphatic rings. The number of pyridine rings is 1. The van der Waals surface area contributed by atoms with Gasteiger partial charge in [-0.05, 0) is 38.0 Å². The summed E-state index contributed by atoms with van der Waals surface area (Å²) in [6.07, 6.45) is 9.77. The number of nitrogens with one attached hydrogen (secondary N) is 1. The third kappa shape index (κ3) is 3.75. The molecule has 5 aromatic heterocycles. The number of nitrogens with zero attached hydrogens (tertiary/aromatic N) is 8. The maximum atomic E-state index is 12.5. The summed E-state index contributed by atoms with van der Waals surface area (Å²) in [7, 11) is 0. The number of carbonyl (C=O) groups is 1. The third-order valence-electron chi connectivity index (χ3n) is 5.25. The average Bonchev–Trinajstić information content (AvgIpc) is 3.47. The van der Waals surface area contributed by atoms with Crippen LogP contribution in [0.5, 0.6) is 0 Å². The lowest BCUT2D eigenvalue weighted by atomic mass is 10.1. The van der Waals surface area contributed by atoms with E-state index < -0.39 is 0 Å². The van der Waals surface area contributed by atoms with Crippen molar-refractivity contribution in [2.24, 2.45) is 0 Å². The molecule has 0 radical (unpaired) electrons. The summed E-state index contributed by atoms with van der Waals surface area (Å²) in [4.78, 5) is 25.6. The number of anilines is 1. The summed E-state index contributed by atoms with van der Waals surface area (Å²) in [5.41, 5.74) is 5.28. The largest absolute Gasteiger partial charge is 0.323 e. The Morgan fingerprint density at radius 2 is 2.03 bits per heavy atom. The molecule has 0 fully saturated rings. The molecular formula is C21H21N9O. The molecule has 0 spiro atoms. The first-order chi connectivity index (χ1) is 15.1. The molecule has 0 unspecified atom stereocenters. The smallest absolute Gasteiger partial charge is 0.252 e. The van der Waals surface area contributed by atoms with Gasteiger partial charge < -0.3 is 9.72 Å². The second-order valence-corrected chi connectivity index (χ2v) is 7.41. The van der Waals surface area contributed by atoms with E-state index in [0.29, 0.717) is 30.9 Å². The van der Waals surface area contributed by atoms with Crippen molar-refractivity contribution in [3.05, 3.63) is 72.0 Å². The van der Waals surface area contributed by atoms with Crippen molar-refractivity contribution in [1.29, 1.82) is 0 Å². The van der Waals surface area contributed by atoms with Gasteiger partial charge in [0.05, 0.1) is 24.1 Å². The molecule has 0 saturated heterocycles. The second-order valence-electron chi connectivity index (χ2n) is 7.41. The summed E-state index contributed by atoms with van der Waals surface area (Å²) < 4.78 is 5.43. The van der Waals surface area contributed by atoms with E-state index in [1.54, 1.807) is 21.6 Å². The molecule has 0 saturated carbocycles. The summed E-state index contributed by atoms with van der Waals surface area (Å²) >= 11 is 0. The van der Waals surface area contributed by atoms with Gasteiger partial charge in [0, 0.05) is 36.4 Å². The highest BCUT2D eigenvalue weighted by Gasteiger charge is 2.13. The van der Waals surface area contributed by atoms with Gasteiger partial charge in [0.2, 0.25) is 5.91 Å². The van der Waals surface area contributed by atoms with Crippen LogP contribution in [0.2, 0.25) is 0 Å². The van der Waals surface area contributed by atoms with E-state index in [1.165, 1.54) is 6.33 Å². The van der Waals surface area contributed by atoms with Crippen LogP contribution in [0.3, 0.4) is 0 Å². The van der Waals surface area contributed by atoms with Crippen LogP contribution >= 0.6 is 0 Å². The first-order valence-corrected chi connectivity index (χ1v) is 9.97. The fraction of sp³-hybridized carbons (Fsp3) is 0.238. The Morgan fingerprint density at radius 3 is 2.90 bits per heavy atom. The SMILES string of the molecule is Cc1nc2ncnn2c(C)c1CCC(=O)Nc1cnn(Cc2cn3ccccc3n2)c1. The van der Waals surface area contributed by atoms with Crippen LogP contribution < -0.4 is 5.32 Å². The molecule has 5 rings (SSSR count). The van der Waals surface area contributed by atoms with Crippen molar-refractivity contribution in [3.8, 4) is 0 Å². The van der Waals surface area contributed by atoms with Crippen molar-refractivity contribution in [2.45, 2.75) is 33.2 Å². The molecule has 1 amide bonds. The van der Waals surface area contributed by atoms with Gasteiger partial charge in [-0.2, -0.15) is 15.2 Å². The molecule has 1 N–H and O–H groups in total. The number of rotatable bonds is 6. The van der Waals surface area contributed by atoms with E-state index in [1.807, 2.05) is 48.8 Å². The van der Waals surface area contributed by atoms with Gasteiger partial charge in [0.15, 0.2) is 0 Å². The van der Waals surface area contributed by atoms with E-state index in [2.05, 4.69) is 30.5 Å². The van der Waals surface area contributed by atoms with Crippen molar-refractivity contribution in [1.82, 2.24) is 38.7 Å². The van der Waals surface area contributed by atoms with Crippen molar-refractivity contribution >= 4 is 23.0 Å². The third-order valence-corrected chi connectivity index (χ3v) is 5.25. The van der Waals surface area contributed by atoms with Gasteiger partial charge in [-0.1, -0.05) is 6.07 Å². The molecule has 31 heavy (non-hydrogen) atoms. The minimum atomic E-state index is -0.0789. The van der Waals surface area contributed by atoms with Gasteiger partial charge in [-0.25, -0.2) is 14.5 Å². The van der Waals surface area contributed by atoms with Crippen molar-refractivity contribution < 1.29 is 4.79 Å². The number of imidazole rings is 1. The topological polar surface area (TPSA) is 107 Å². The zero-order valence-corrected chi connectivity index (χ0v) is 17.2. The predicted molar refractivity (Wildman–Crippen MR) is 114 cm³/mol. The Kier molecular flexibility index (Phi) is 4.66. The van der Waals surface area contributed by atoms with E-state index in [9.17, 15) is 4.79 Å². The van der Waals surface area contributed by atoms with E-state index in [-0.39, 0.29) is 5.91 Å². The van der Waals surface area contributed by atoms with Gasteiger partial charge >= 0.3 is 0 Å². The normalized spacial score (nSPS) is 11.4. The fourth-order valence-corrected chi connectivity index (χ4v) is 3.72. The molecule has 0 atom stereocenters. The number of aryl methyl sites for hydroxylation is 2. The summed E-state index contributed by atoms with van der Waals surface area (Å²) in [6.45, 7) is 4.42. The standard InChI is InChI=1S/C21H21N9O/c1-14-18(15(2)30-21(25-14)22-13-24-30)6-7-20(31)27-16-9-23-29(11-16)12-17-10-28-8-4-3-5-19(28)26-17/h3-5,8-11,13H,6-7,12H2,1-2H3,(H,27,31). The Morgan fingerprint density at radius 1 is 1.13 bits per heavy atom. The molecule has 0 bridgehead atoms. The molecule has 5 aromatic rings. The van der Waals surface area contributed by atoms with Gasteiger partial charge in [-0.15, -0.1) is 0 Å². The maximum absolute atomic E-state index is 12.5. The molecular weight excluding hydrogens is 394 g/mol. The van der Waals surface area contributed by atoms with Gasteiger partial charge in [-0.3, -0.25) is 9.48 Å². The van der Waals surface area contributed by atoms with Crippen LogP contribution in [0, 0.1) is 13.8 Å². The van der Waals surface area contributed by atoms with Gasteiger partial charge in [0.1, 0.15) is 12.0 Å². The van der Waals surface area contributed by atoms with E-state index in [4.69, 9.17) is 0 Å². The highest BCUT2D eigenvalue weighted by atomic mass is 16.1. The fourth-order valence-electron chi connectivity index (χ4n) is 3.72. The second kappa shape index (κ2) is 7.63. The monoisotopic (exact) mass is 415 g/mol.